The number of pyridine rings is 1. The summed E-state index contributed by atoms with van der Waals surface area (Å²) in [4.78, 5) is 17.0. The van der Waals surface area contributed by atoms with E-state index < -0.39 is 0 Å². The van der Waals surface area contributed by atoms with Crippen LogP contribution in [-0.4, -0.2) is 33.8 Å². The van der Waals surface area contributed by atoms with Crippen molar-refractivity contribution >= 4 is 11.6 Å². The van der Waals surface area contributed by atoms with Gasteiger partial charge in [0.05, 0.1) is 12.1 Å². The minimum atomic E-state index is -0.144. The lowest BCUT2D eigenvalue weighted by Gasteiger charge is -2.17. The molecule has 0 saturated carbocycles. The topological polar surface area (TPSA) is 81.1 Å². The first-order valence-electron chi connectivity index (χ1n) is 8.88. The summed E-state index contributed by atoms with van der Waals surface area (Å²) in [5.74, 6) is 1.10. The molecule has 1 aliphatic heterocycles. The average molecular weight is 363 g/mol. The van der Waals surface area contributed by atoms with Crippen LogP contribution in [-0.2, 0) is 11.8 Å². The number of anilines is 1. The fourth-order valence-electron chi connectivity index (χ4n) is 3.34. The monoisotopic (exact) mass is 363 g/mol. The number of carbonyl (C=O) groups is 1. The lowest BCUT2D eigenvalue weighted by molar-refractivity contribution is -0.119. The van der Waals surface area contributed by atoms with Crippen molar-refractivity contribution in [1.29, 1.82) is 0 Å². The maximum atomic E-state index is 12.8. The number of ether oxygens (including phenoxy) is 1. The zero-order valence-corrected chi connectivity index (χ0v) is 15.0. The summed E-state index contributed by atoms with van der Waals surface area (Å²) in [6.07, 6.45) is 5.48. The van der Waals surface area contributed by atoms with Gasteiger partial charge in [-0.2, -0.15) is 5.10 Å². The molecule has 1 aliphatic rings. The van der Waals surface area contributed by atoms with Crippen LogP contribution in [0.1, 0.15) is 11.5 Å². The van der Waals surface area contributed by atoms with Crippen LogP contribution in [0.15, 0.2) is 61.1 Å². The van der Waals surface area contributed by atoms with Gasteiger partial charge in [0.2, 0.25) is 11.8 Å². The van der Waals surface area contributed by atoms with Crippen LogP contribution in [0.5, 0.6) is 11.6 Å². The first-order chi connectivity index (χ1) is 13.2. The van der Waals surface area contributed by atoms with E-state index in [4.69, 9.17) is 4.74 Å². The van der Waals surface area contributed by atoms with Gasteiger partial charge in [-0.3, -0.25) is 9.48 Å². The highest BCUT2D eigenvalue weighted by Crippen LogP contribution is 2.29. The van der Waals surface area contributed by atoms with Crippen LogP contribution in [0.4, 0.5) is 5.69 Å². The number of nitrogens with one attached hydrogen (secondary N) is 2. The second kappa shape index (κ2) is 7.59. The van der Waals surface area contributed by atoms with Crippen LogP contribution in [0.25, 0.3) is 0 Å². The molecule has 3 aromatic rings. The Bertz CT molecular complexity index is 925. The Kier molecular flexibility index (Phi) is 4.84. The molecule has 0 bridgehead atoms. The summed E-state index contributed by atoms with van der Waals surface area (Å²) >= 11 is 0. The quantitative estimate of drug-likeness (QED) is 0.728. The summed E-state index contributed by atoms with van der Waals surface area (Å²) in [6.45, 7) is 1.42. The van der Waals surface area contributed by atoms with Gasteiger partial charge in [0.15, 0.2) is 0 Å². The molecule has 0 unspecified atom stereocenters. The van der Waals surface area contributed by atoms with Gasteiger partial charge in [-0.15, -0.1) is 0 Å². The maximum Gasteiger partial charge on any atom is 0.229 e. The maximum absolute atomic E-state index is 12.8. The molecule has 1 saturated heterocycles. The van der Waals surface area contributed by atoms with E-state index in [-0.39, 0.29) is 17.7 Å². The standard InChI is InChI=1S/C20H21N5O2/c1-25-13-14(10-23-25)17-11-21-12-18(17)20(26)24-15-5-4-6-16(9-15)27-19-7-2-3-8-22-19/h2-10,13,17-18,21H,11-12H2,1H3,(H,24,26)/t17-,18+/m1/s1. The van der Waals surface area contributed by atoms with E-state index in [1.165, 1.54) is 0 Å². The zero-order chi connectivity index (χ0) is 18.6. The molecule has 7 heteroatoms. The summed E-state index contributed by atoms with van der Waals surface area (Å²) in [5.41, 5.74) is 1.78. The van der Waals surface area contributed by atoms with Gasteiger partial charge in [0.1, 0.15) is 5.75 Å². The Morgan fingerprint density at radius 3 is 2.96 bits per heavy atom. The van der Waals surface area contributed by atoms with Gasteiger partial charge in [-0.1, -0.05) is 12.1 Å². The molecule has 0 radical (unpaired) electrons. The predicted octanol–water partition coefficient (Wildman–Crippen LogP) is 2.55. The minimum absolute atomic E-state index is 0.0103. The van der Waals surface area contributed by atoms with E-state index in [0.29, 0.717) is 23.9 Å². The number of rotatable bonds is 5. The highest BCUT2D eigenvalue weighted by atomic mass is 16.5. The number of hydrogen-bond donors (Lipinski definition) is 2. The zero-order valence-electron chi connectivity index (χ0n) is 15.0. The first kappa shape index (κ1) is 17.2. The lowest BCUT2D eigenvalue weighted by Crippen LogP contribution is -2.28. The summed E-state index contributed by atoms with van der Waals surface area (Å²) in [5, 5.41) is 10.5. The van der Waals surface area contributed by atoms with Gasteiger partial charge in [-0.25, -0.2) is 4.98 Å². The van der Waals surface area contributed by atoms with Crippen LogP contribution in [0.3, 0.4) is 0 Å². The summed E-state index contributed by atoms with van der Waals surface area (Å²) < 4.78 is 7.50. The van der Waals surface area contributed by atoms with Crippen molar-refractivity contribution in [3.63, 3.8) is 0 Å². The number of carbonyl (C=O) groups excluding carboxylic acids is 1. The molecule has 0 spiro atoms. The molecule has 0 aliphatic carbocycles. The van der Waals surface area contributed by atoms with Crippen molar-refractivity contribution in [3.8, 4) is 11.6 Å². The van der Waals surface area contributed by atoms with Gasteiger partial charge >= 0.3 is 0 Å². The average Bonchev–Trinajstić information content (AvgIpc) is 3.31. The van der Waals surface area contributed by atoms with E-state index in [9.17, 15) is 4.79 Å². The van der Waals surface area contributed by atoms with Crippen molar-refractivity contribution in [1.82, 2.24) is 20.1 Å². The molecule has 1 aromatic carbocycles. The number of amides is 1. The Morgan fingerprint density at radius 2 is 2.19 bits per heavy atom. The van der Waals surface area contributed by atoms with Crippen LogP contribution < -0.4 is 15.4 Å². The largest absolute Gasteiger partial charge is 0.439 e. The summed E-state index contributed by atoms with van der Waals surface area (Å²) in [7, 11) is 1.88. The van der Waals surface area contributed by atoms with Crippen LogP contribution in [0, 0.1) is 5.92 Å². The second-order valence-electron chi connectivity index (χ2n) is 6.61. The van der Waals surface area contributed by atoms with Crippen molar-refractivity contribution in [2.45, 2.75) is 5.92 Å². The Morgan fingerprint density at radius 1 is 1.26 bits per heavy atom. The molecular weight excluding hydrogens is 342 g/mol. The van der Waals surface area contributed by atoms with Crippen molar-refractivity contribution < 1.29 is 9.53 Å². The molecule has 2 aromatic heterocycles. The fraction of sp³-hybridized carbons (Fsp3) is 0.250. The number of aryl methyl sites for hydroxylation is 1. The van der Waals surface area contributed by atoms with E-state index in [1.54, 1.807) is 23.0 Å². The van der Waals surface area contributed by atoms with E-state index in [1.807, 2.05) is 49.8 Å². The van der Waals surface area contributed by atoms with Gasteiger partial charge in [-0.05, 0) is 23.8 Å². The van der Waals surface area contributed by atoms with Crippen molar-refractivity contribution in [2.75, 3.05) is 18.4 Å². The van der Waals surface area contributed by atoms with Gasteiger partial charge in [0, 0.05) is 56.3 Å². The molecule has 7 nitrogen and oxygen atoms in total. The van der Waals surface area contributed by atoms with Crippen LogP contribution in [0.2, 0.25) is 0 Å². The third-order valence-electron chi connectivity index (χ3n) is 4.67. The Labute approximate surface area is 157 Å². The van der Waals surface area contributed by atoms with Crippen molar-refractivity contribution in [2.24, 2.45) is 13.0 Å². The molecule has 138 valence electrons. The minimum Gasteiger partial charge on any atom is -0.439 e. The normalized spacial score (nSPS) is 19.0. The SMILES string of the molecule is Cn1cc([C@H]2CNC[C@@H]2C(=O)Nc2cccc(Oc3ccccn3)c2)cn1. The third-order valence-corrected chi connectivity index (χ3v) is 4.67. The molecule has 2 N–H and O–H groups in total. The Balaban J connectivity index is 1.45. The van der Waals surface area contributed by atoms with Crippen molar-refractivity contribution in [3.05, 3.63) is 66.6 Å². The van der Waals surface area contributed by atoms with E-state index in [0.717, 1.165) is 12.1 Å². The smallest absolute Gasteiger partial charge is 0.229 e. The highest BCUT2D eigenvalue weighted by Gasteiger charge is 2.34. The van der Waals surface area contributed by atoms with Gasteiger partial charge < -0.3 is 15.4 Å². The predicted molar refractivity (Wildman–Crippen MR) is 102 cm³/mol. The molecule has 27 heavy (non-hydrogen) atoms. The molecular formula is C20H21N5O2. The van der Waals surface area contributed by atoms with E-state index >= 15 is 0 Å². The third kappa shape index (κ3) is 3.98. The molecule has 3 heterocycles. The van der Waals surface area contributed by atoms with Gasteiger partial charge in [0.25, 0.3) is 0 Å². The number of nitrogens with zero attached hydrogens (tertiary/aromatic N) is 3. The fourth-order valence-corrected chi connectivity index (χ4v) is 3.34. The van der Waals surface area contributed by atoms with Crippen LogP contribution >= 0.6 is 0 Å². The number of benzene rings is 1. The highest BCUT2D eigenvalue weighted by molar-refractivity contribution is 5.93. The second-order valence-corrected chi connectivity index (χ2v) is 6.61. The lowest BCUT2D eigenvalue weighted by atomic mass is 9.90. The summed E-state index contributed by atoms with van der Waals surface area (Å²) in [6, 6.07) is 12.8. The molecule has 1 fully saturated rings. The molecule has 4 rings (SSSR count). The number of aromatic nitrogens is 3. The molecule has 1 amide bonds. The first-order valence-corrected chi connectivity index (χ1v) is 8.88. The Hall–Kier alpha value is -3.19. The number of hydrogen-bond acceptors (Lipinski definition) is 5. The molecule has 2 atom stereocenters. The van der Waals surface area contributed by atoms with E-state index in [2.05, 4.69) is 20.7 Å².